The second-order valence-corrected chi connectivity index (χ2v) is 4.52. The van der Waals surface area contributed by atoms with Crippen LogP contribution < -0.4 is 10.6 Å². The summed E-state index contributed by atoms with van der Waals surface area (Å²) in [5, 5.41) is 23.2. The lowest BCUT2D eigenvalue weighted by atomic mass is 10.2. The van der Waals surface area contributed by atoms with Gasteiger partial charge in [-0.1, -0.05) is 11.3 Å². The number of hydrogen-bond acceptors (Lipinski definition) is 7. The largest absolute Gasteiger partial charge is 0.363 e. The zero-order chi connectivity index (χ0) is 14.7. The molecule has 8 nitrogen and oxygen atoms in total. The molecule has 2 N–H and O–H groups in total. The predicted octanol–water partition coefficient (Wildman–Crippen LogP) is 1.88. The molecule has 2 aromatic rings. The van der Waals surface area contributed by atoms with E-state index in [-0.39, 0.29) is 16.4 Å². The summed E-state index contributed by atoms with van der Waals surface area (Å²) in [7, 11) is 1.61. The predicted molar refractivity (Wildman–Crippen MR) is 70.5 cm³/mol. The van der Waals surface area contributed by atoms with E-state index in [1.165, 1.54) is 0 Å². The Labute approximate surface area is 115 Å². The summed E-state index contributed by atoms with van der Waals surface area (Å²) in [6.45, 7) is 0. The average molecular weight is 297 g/mol. The minimum Gasteiger partial charge on any atom is -0.363 e. The number of nitro groups is 1. The maximum atomic E-state index is 13.5. The number of benzene rings is 1. The van der Waals surface area contributed by atoms with Crippen molar-refractivity contribution in [1.82, 2.24) is 10.2 Å². The van der Waals surface area contributed by atoms with Crippen LogP contribution in [0.4, 0.5) is 20.9 Å². The van der Waals surface area contributed by atoms with Crippen molar-refractivity contribution in [2.24, 2.45) is 0 Å². The minimum atomic E-state index is -0.776. The Kier molecular flexibility index (Phi) is 3.84. The van der Waals surface area contributed by atoms with Crippen LogP contribution in [0.2, 0.25) is 0 Å². The standard InChI is InChI=1S/C10H8FN5O3S/c1-12-10-15-14-9(20-10)8(17)13-7-4-5(16(18)19)2-3-6(7)11/h2-4H,1H3,(H,12,15)(H,13,17). The molecule has 2 rings (SSSR count). The lowest BCUT2D eigenvalue weighted by Crippen LogP contribution is -2.13. The van der Waals surface area contributed by atoms with E-state index in [9.17, 15) is 19.3 Å². The number of hydrogen-bond donors (Lipinski definition) is 2. The van der Waals surface area contributed by atoms with Crippen LogP contribution in [0.25, 0.3) is 0 Å². The van der Waals surface area contributed by atoms with Crippen molar-refractivity contribution in [2.75, 3.05) is 17.7 Å². The van der Waals surface area contributed by atoms with Gasteiger partial charge < -0.3 is 10.6 Å². The summed E-state index contributed by atoms with van der Waals surface area (Å²) >= 11 is 0.975. The first-order valence-corrected chi connectivity index (χ1v) is 6.09. The van der Waals surface area contributed by atoms with Crippen molar-refractivity contribution in [3.8, 4) is 0 Å². The van der Waals surface area contributed by atoms with E-state index in [0.29, 0.717) is 5.13 Å². The van der Waals surface area contributed by atoms with Crippen LogP contribution in [-0.2, 0) is 0 Å². The Balaban J connectivity index is 2.22. The number of non-ortho nitro benzene ring substituents is 1. The number of nitrogens with zero attached hydrogens (tertiary/aromatic N) is 3. The lowest BCUT2D eigenvalue weighted by Gasteiger charge is -2.03. The van der Waals surface area contributed by atoms with Crippen molar-refractivity contribution < 1.29 is 14.1 Å². The van der Waals surface area contributed by atoms with Gasteiger partial charge in [-0.05, 0) is 6.07 Å². The third-order valence-electron chi connectivity index (χ3n) is 2.24. The number of carbonyl (C=O) groups is 1. The molecule has 0 atom stereocenters. The molecule has 0 saturated heterocycles. The van der Waals surface area contributed by atoms with Crippen LogP contribution in [0, 0.1) is 15.9 Å². The van der Waals surface area contributed by atoms with E-state index >= 15 is 0 Å². The van der Waals surface area contributed by atoms with Gasteiger partial charge >= 0.3 is 0 Å². The minimum absolute atomic E-state index is 0.0141. The Morgan fingerprint density at radius 1 is 1.45 bits per heavy atom. The molecule has 0 aliphatic rings. The molecule has 1 amide bonds. The molecule has 0 saturated carbocycles. The maximum Gasteiger partial charge on any atom is 0.286 e. The number of nitro benzene ring substituents is 1. The number of halogens is 1. The third kappa shape index (κ3) is 2.85. The first-order chi connectivity index (χ1) is 9.51. The van der Waals surface area contributed by atoms with Crippen LogP contribution in [-0.4, -0.2) is 28.1 Å². The van der Waals surface area contributed by atoms with Gasteiger partial charge in [-0.3, -0.25) is 14.9 Å². The van der Waals surface area contributed by atoms with Gasteiger partial charge in [0.2, 0.25) is 10.1 Å². The summed E-state index contributed by atoms with van der Waals surface area (Å²) in [6.07, 6.45) is 0. The number of nitrogens with one attached hydrogen (secondary N) is 2. The first-order valence-electron chi connectivity index (χ1n) is 5.28. The molecular formula is C10H8FN5O3S. The topological polar surface area (TPSA) is 110 Å². The van der Waals surface area contributed by atoms with Crippen LogP contribution in [0.3, 0.4) is 0 Å². The molecule has 104 valence electrons. The normalized spacial score (nSPS) is 10.1. The zero-order valence-corrected chi connectivity index (χ0v) is 10.9. The second-order valence-electron chi connectivity index (χ2n) is 3.54. The fraction of sp³-hybridized carbons (Fsp3) is 0.100. The van der Waals surface area contributed by atoms with Crippen molar-refractivity contribution in [2.45, 2.75) is 0 Å². The lowest BCUT2D eigenvalue weighted by molar-refractivity contribution is -0.384. The highest BCUT2D eigenvalue weighted by atomic mass is 32.1. The highest BCUT2D eigenvalue weighted by Gasteiger charge is 2.17. The summed E-state index contributed by atoms with van der Waals surface area (Å²) in [5.41, 5.74) is -0.611. The molecular weight excluding hydrogens is 289 g/mol. The number of carbonyl (C=O) groups excluding carboxylic acids is 1. The van der Waals surface area contributed by atoms with E-state index in [1.54, 1.807) is 7.05 Å². The molecule has 0 bridgehead atoms. The van der Waals surface area contributed by atoms with E-state index in [1.807, 2.05) is 0 Å². The van der Waals surface area contributed by atoms with Crippen molar-refractivity contribution >= 4 is 33.8 Å². The second kappa shape index (κ2) is 5.57. The van der Waals surface area contributed by atoms with Gasteiger partial charge in [0.25, 0.3) is 11.6 Å². The van der Waals surface area contributed by atoms with E-state index in [2.05, 4.69) is 20.8 Å². The van der Waals surface area contributed by atoms with E-state index in [4.69, 9.17) is 0 Å². The molecule has 20 heavy (non-hydrogen) atoms. The van der Waals surface area contributed by atoms with Gasteiger partial charge in [-0.25, -0.2) is 4.39 Å². The molecule has 1 aromatic carbocycles. The molecule has 0 unspecified atom stereocenters. The Hall–Kier alpha value is -2.62. The molecule has 0 spiro atoms. The monoisotopic (exact) mass is 297 g/mol. The molecule has 1 aromatic heterocycles. The van der Waals surface area contributed by atoms with Crippen molar-refractivity contribution in [1.29, 1.82) is 0 Å². The average Bonchev–Trinajstić information content (AvgIpc) is 2.89. The van der Waals surface area contributed by atoms with Gasteiger partial charge in [0.15, 0.2) is 0 Å². The maximum absolute atomic E-state index is 13.5. The fourth-order valence-corrected chi connectivity index (χ4v) is 1.91. The summed E-state index contributed by atoms with van der Waals surface area (Å²) in [4.78, 5) is 21.7. The van der Waals surface area contributed by atoms with Gasteiger partial charge in [0.1, 0.15) is 5.82 Å². The van der Waals surface area contributed by atoms with Crippen LogP contribution in [0.15, 0.2) is 18.2 Å². The molecule has 0 aliphatic carbocycles. The number of aromatic nitrogens is 2. The zero-order valence-electron chi connectivity index (χ0n) is 10.1. The fourth-order valence-electron chi connectivity index (χ4n) is 1.31. The van der Waals surface area contributed by atoms with Crippen LogP contribution in [0.1, 0.15) is 9.80 Å². The molecule has 0 radical (unpaired) electrons. The summed E-state index contributed by atoms with van der Waals surface area (Å²) in [5.74, 6) is -1.47. The number of rotatable bonds is 4. The molecule has 10 heteroatoms. The highest BCUT2D eigenvalue weighted by molar-refractivity contribution is 7.17. The van der Waals surface area contributed by atoms with Gasteiger partial charge in [-0.2, -0.15) is 0 Å². The van der Waals surface area contributed by atoms with E-state index in [0.717, 1.165) is 29.5 Å². The quantitative estimate of drug-likeness (QED) is 0.658. The summed E-state index contributed by atoms with van der Waals surface area (Å²) < 4.78 is 13.5. The summed E-state index contributed by atoms with van der Waals surface area (Å²) in [6, 6.07) is 2.86. The van der Waals surface area contributed by atoms with Gasteiger partial charge in [0, 0.05) is 19.2 Å². The van der Waals surface area contributed by atoms with Gasteiger partial charge in [0.05, 0.1) is 10.6 Å². The van der Waals surface area contributed by atoms with E-state index < -0.39 is 16.6 Å². The smallest absolute Gasteiger partial charge is 0.286 e. The van der Waals surface area contributed by atoms with Gasteiger partial charge in [-0.15, -0.1) is 10.2 Å². The SMILES string of the molecule is CNc1nnc(C(=O)Nc2cc([N+](=O)[O-])ccc2F)s1. The molecule has 0 aliphatic heterocycles. The van der Waals surface area contributed by atoms with Crippen molar-refractivity contribution in [3.05, 3.63) is 39.1 Å². The van der Waals surface area contributed by atoms with Crippen molar-refractivity contribution in [3.63, 3.8) is 0 Å². The Morgan fingerprint density at radius 2 is 2.20 bits per heavy atom. The van der Waals surface area contributed by atoms with Crippen LogP contribution in [0.5, 0.6) is 0 Å². The Bertz CT molecular complexity index is 675. The third-order valence-corrected chi connectivity index (χ3v) is 3.18. The van der Waals surface area contributed by atoms with Crippen LogP contribution >= 0.6 is 11.3 Å². The highest BCUT2D eigenvalue weighted by Crippen LogP contribution is 2.22. The molecule has 1 heterocycles. The molecule has 0 fully saturated rings. The Morgan fingerprint density at radius 3 is 2.80 bits per heavy atom. The number of anilines is 2. The first kappa shape index (κ1) is 13.8. The number of amides is 1.